The number of hydrogen-bond donors (Lipinski definition) is 1. The number of thioether (sulfide) groups is 1. The molecular weight excluding hydrogens is 296 g/mol. The Morgan fingerprint density at radius 2 is 2.05 bits per heavy atom. The molecule has 0 unspecified atom stereocenters. The fraction of sp³-hybridized carbons (Fsp3) is 0.412. The maximum atomic E-state index is 12.3. The second-order valence-electron chi connectivity index (χ2n) is 5.30. The number of nitrogens with one attached hydrogen (secondary N) is 1. The number of allylic oxidation sites excluding steroid dienone is 1. The van der Waals surface area contributed by atoms with Gasteiger partial charge in [0.15, 0.2) is 5.17 Å². The predicted molar refractivity (Wildman–Crippen MR) is 91.8 cm³/mol. The van der Waals surface area contributed by atoms with Crippen molar-refractivity contribution < 1.29 is 9.53 Å². The quantitative estimate of drug-likeness (QED) is 0.861. The standard InChI is InChI=1S/C17H22N2O2S/c1-5-21-16(20)14-12(4)18-17(22-11(2)3)19-15(14)13-9-7-6-8-10-13/h6-11,15H,5H2,1-4H3,(H,18,19)/t15-/m0/s1. The molecule has 1 aliphatic rings. The molecule has 0 fully saturated rings. The smallest absolute Gasteiger partial charge is 0.338 e. The SMILES string of the molecule is CCOC(=O)C1=C(C)NC(SC(C)C)=N[C@H]1c1ccccc1. The van der Waals surface area contributed by atoms with Crippen LogP contribution in [0.5, 0.6) is 0 Å². The minimum absolute atomic E-state index is 0.307. The van der Waals surface area contributed by atoms with Gasteiger partial charge in [-0.1, -0.05) is 55.9 Å². The van der Waals surface area contributed by atoms with Gasteiger partial charge in [-0.15, -0.1) is 0 Å². The second-order valence-corrected chi connectivity index (χ2v) is 6.86. The average Bonchev–Trinajstić information content (AvgIpc) is 2.47. The van der Waals surface area contributed by atoms with Crippen molar-refractivity contribution in [2.45, 2.75) is 39.0 Å². The molecule has 0 amide bonds. The highest BCUT2D eigenvalue weighted by atomic mass is 32.2. The van der Waals surface area contributed by atoms with Crippen molar-refractivity contribution >= 4 is 22.9 Å². The first-order valence-corrected chi connectivity index (χ1v) is 8.35. The van der Waals surface area contributed by atoms with E-state index in [1.807, 2.05) is 44.2 Å². The number of rotatable bonds is 4. The van der Waals surface area contributed by atoms with E-state index in [1.54, 1.807) is 11.8 Å². The van der Waals surface area contributed by atoms with E-state index < -0.39 is 0 Å². The van der Waals surface area contributed by atoms with Gasteiger partial charge in [0, 0.05) is 10.9 Å². The fourth-order valence-corrected chi connectivity index (χ4v) is 3.10. The highest BCUT2D eigenvalue weighted by Crippen LogP contribution is 2.33. The van der Waals surface area contributed by atoms with Crippen LogP contribution in [0.2, 0.25) is 0 Å². The number of nitrogens with zero attached hydrogens (tertiary/aromatic N) is 1. The van der Waals surface area contributed by atoms with Crippen molar-refractivity contribution in [3.63, 3.8) is 0 Å². The lowest BCUT2D eigenvalue weighted by Gasteiger charge is -2.26. The Morgan fingerprint density at radius 1 is 1.36 bits per heavy atom. The topological polar surface area (TPSA) is 50.7 Å². The largest absolute Gasteiger partial charge is 0.463 e. The molecule has 118 valence electrons. The van der Waals surface area contributed by atoms with Crippen LogP contribution in [0.3, 0.4) is 0 Å². The number of amidine groups is 1. The van der Waals surface area contributed by atoms with Crippen LogP contribution in [0.15, 0.2) is 46.6 Å². The van der Waals surface area contributed by atoms with Gasteiger partial charge in [-0.05, 0) is 19.4 Å². The first kappa shape index (κ1) is 16.6. The van der Waals surface area contributed by atoms with Gasteiger partial charge in [0.1, 0.15) is 6.04 Å². The van der Waals surface area contributed by atoms with Crippen LogP contribution in [0.4, 0.5) is 0 Å². The summed E-state index contributed by atoms with van der Waals surface area (Å²) < 4.78 is 5.21. The van der Waals surface area contributed by atoms with E-state index in [0.717, 1.165) is 16.4 Å². The first-order valence-electron chi connectivity index (χ1n) is 7.47. The summed E-state index contributed by atoms with van der Waals surface area (Å²) in [6.45, 7) is 8.30. The Hall–Kier alpha value is -1.75. The third kappa shape index (κ3) is 3.91. The molecule has 1 aliphatic heterocycles. The van der Waals surface area contributed by atoms with Crippen LogP contribution in [0.1, 0.15) is 39.3 Å². The summed E-state index contributed by atoms with van der Waals surface area (Å²) in [5.74, 6) is -0.307. The molecule has 0 saturated carbocycles. The Kier molecular flexibility index (Phi) is 5.66. The van der Waals surface area contributed by atoms with Gasteiger partial charge >= 0.3 is 5.97 Å². The number of esters is 1. The van der Waals surface area contributed by atoms with Crippen molar-refractivity contribution in [3.05, 3.63) is 47.2 Å². The van der Waals surface area contributed by atoms with Gasteiger partial charge in [-0.2, -0.15) is 0 Å². The lowest BCUT2D eigenvalue weighted by Crippen LogP contribution is -2.31. The lowest BCUT2D eigenvalue weighted by molar-refractivity contribution is -0.138. The maximum absolute atomic E-state index is 12.3. The van der Waals surface area contributed by atoms with Crippen LogP contribution in [0, 0.1) is 0 Å². The van der Waals surface area contributed by atoms with E-state index in [2.05, 4.69) is 19.2 Å². The average molecular weight is 318 g/mol. The molecule has 0 spiro atoms. The molecule has 1 heterocycles. The number of carbonyl (C=O) groups is 1. The number of aliphatic imine (C=N–C) groups is 1. The molecule has 0 radical (unpaired) electrons. The van der Waals surface area contributed by atoms with Gasteiger partial charge in [0.05, 0.1) is 12.2 Å². The van der Waals surface area contributed by atoms with E-state index in [0.29, 0.717) is 17.4 Å². The fourth-order valence-electron chi connectivity index (χ4n) is 2.28. The highest BCUT2D eigenvalue weighted by molar-refractivity contribution is 8.14. The van der Waals surface area contributed by atoms with Crippen molar-refractivity contribution in [2.75, 3.05) is 6.61 Å². The lowest BCUT2D eigenvalue weighted by atomic mass is 9.97. The molecule has 1 aromatic rings. The molecule has 0 bridgehead atoms. The van der Waals surface area contributed by atoms with E-state index in [9.17, 15) is 4.79 Å². The maximum Gasteiger partial charge on any atom is 0.338 e. The zero-order chi connectivity index (χ0) is 16.1. The minimum atomic E-state index is -0.317. The Balaban J connectivity index is 2.40. The van der Waals surface area contributed by atoms with E-state index in [-0.39, 0.29) is 12.0 Å². The minimum Gasteiger partial charge on any atom is -0.463 e. The third-order valence-electron chi connectivity index (χ3n) is 3.18. The monoisotopic (exact) mass is 318 g/mol. The first-order chi connectivity index (χ1) is 10.5. The number of carbonyl (C=O) groups excluding carboxylic acids is 1. The number of ether oxygens (including phenoxy) is 1. The third-order valence-corrected chi connectivity index (χ3v) is 4.08. The normalized spacial score (nSPS) is 18.0. The van der Waals surface area contributed by atoms with Crippen molar-refractivity contribution in [1.82, 2.24) is 5.32 Å². The molecule has 4 nitrogen and oxygen atoms in total. The molecule has 0 saturated heterocycles. The Bertz CT molecular complexity index is 594. The highest BCUT2D eigenvalue weighted by Gasteiger charge is 2.30. The van der Waals surface area contributed by atoms with Crippen molar-refractivity contribution in [3.8, 4) is 0 Å². The summed E-state index contributed by atoms with van der Waals surface area (Å²) >= 11 is 1.66. The summed E-state index contributed by atoms with van der Waals surface area (Å²) in [5.41, 5.74) is 2.39. The molecule has 22 heavy (non-hydrogen) atoms. The molecule has 1 N–H and O–H groups in total. The van der Waals surface area contributed by atoms with Gasteiger partial charge in [-0.25, -0.2) is 9.79 Å². The van der Waals surface area contributed by atoms with Crippen LogP contribution in [-0.4, -0.2) is 23.0 Å². The molecule has 1 aromatic carbocycles. The molecule has 0 aliphatic carbocycles. The summed E-state index contributed by atoms with van der Waals surface area (Å²) in [6.07, 6.45) is 0. The Labute approximate surface area is 136 Å². The number of benzene rings is 1. The van der Waals surface area contributed by atoms with E-state index >= 15 is 0 Å². The van der Waals surface area contributed by atoms with E-state index in [4.69, 9.17) is 9.73 Å². The van der Waals surface area contributed by atoms with Crippen molar-refractivity contribution in [2.24, 2.45) is 4.99 Å². The molecule has 5 heteroatoms. The van der Waals surface area contributed by atoms with Gasteiger partial charge in [-0.3, -0.25) is 0 Å². The second kappa shape index (κ2) is 7.49. The molecule has 1 atom stereocenters. The van der Waals surface area contributed by atoms with Gasteiger partial charge in [0.25, 0.3) is 0 Å². The van der Waals surface area contributed by atoms with Crippen LogP contribution < -0.4 is 5.32 Å². The van der Waals surface area contributed by atoms with Crippen LogP contribution >= 0.6 is 11.8 Å². The van der Waals surface area contributed by atoms with Gasteiger partial charge < -0.3 is 10.1 Å². The van der Waals surface area contributed by atoms with Gasteiger partial charge in [0.2, 0.25) is 0 Å². The summed E-state index contributed by atoms with van der Waals surface area (Å²) in [7, 11) is 0. The number of hydrogen-bond acceptors (Lipinski definition) is 5. The molecule has 0 aromatic heterocycles. The van der Waals surface area contributed by atoms with Crippen LogP contribution in [0.25, 0.3) is 0 Å². The summed E-state index contributed by atoms with van der Waals surface area (Å²) in [5, 5.41) is 4.49. The zero-order valence-electron chi connectivity index (χ0n) is 13.4. The molecular formula is C17H22N2O2S. The summed E-state index contributed by atoms with van der Waals surface area (Å²) in [4.78, 5) is 17.1. The zero-order valence-corrected chi connectivity index (χ0v) is 14.2. The van der Waals surface area contributed by atoms with Crippen molar-refractivity contribution in [1.29, 1.82) is 0 Å². The predicted octanol–water partition coefficient (Wildman–Crippen LogP) is 3.67. The van der Waals surface area contributed by atoms with Crippen LogP contribution in [-0.2, 0) is 9.53 Å². The summed E-state index contributed by atoms with van der Waals surface area (Å²) in [6, 6.07) is 9.54. The van der Waals surface area contributed by atoms with E-state index in [1.165, 1.54) is 0 Å². The Morgan fingerprint density at radius 3 is 2.64 bits per heavy atom. The molecule has 2 rings (SSSR count).